The number of amides is 1. The number of pyridine rings is 2. The van der Waals surface area contributed by atoms with Crippen LogP contribution in [0.5, 0.6) is 5.75 Å². The van der Waals surface area contributed by atoms with Crippen LogP contribution in [0.4, 0.5) is 5.69 Å². The molecule has 2 aromatic heterocycles. The number of methoxy groups -OCH3 is 1. The third kappa shape index (κ3) is 3.66. The first-order valence-electron chi connectivity index (χ1n) is 6.98. The van der Waals surface area contributed by atoms with Crippen molar-refractivity contribution < 1.29 is 19.2 Å². The number of hydrogen-bond acceptors (Lipinski definition) is 7. The number of carbonyl (C=O) groups is 1. The Morgan fingerprint density at radius 1 is 1.46 bits per heavy atom. The summed E-state index contributed by atoms with van der Waals surface area (Å²) in [6, 6.07) is 2.63. The number of hydrogen-bond donors (Lipinski definition) is 1. The van der Waals surface area contributed by atoms with Gasteiger partial charge in [0.2, 0.25) is 0 Å². The number of fused-ring (bicyclic) bond motifs is 1. The van der Waals surface area contributed by atoms with E-state index in [1.807, 2.05) is 0 Å². The third-order valence-electron chi connectivity index (χ3n) is 3.25. The van der Waals surface area contributed by atoms with E-state index in [-0.39, 0.29) is 36.8 Å². The van der Waals surface area contributed by atoms with Gasteiger partial charge in [-0.05, 0) is 6.07 Å². The summed E-state index contributed by atoms with van der Waals surface area (Å²) in [7, 11) is 2.92. The van der Waals surface area contributed by atoms with E-state index in [9.17, 15) is 19.7 Å². The van der Waals surface area contributed by atoms with Gasteiger partial charge in [0.1, 0.15) is 11.8 Å². The van der Waals surface area contributed by atoms with Crippen LogP contribution >= 0.6 is 0 Å². The first kappa shape index (κ1) is 17.3. The second-order valence-corrected chi connectivity index (χ2v) is 4.78. The molecule has 0 bridgehead atoms. The van der Waals surface area contributed by atoms with Crippen molar-refractivity contribution in [2.75, 3.05) is 27.4 Å². The highest BCUT2D eigenvalue weighted by molar-refractivity contribution is 5.79. The molecule has 1 amide bonds. The first-order chi connectivity index (χ1) is 11.5. The largest absolute Gasteiger partial charge is 0.478 e. The topological polar surface area (TPSA) is 126 Å². The lowest BCUT2D eigenvalue weighted by molar-refractivity contribution is -0.385. The van der Waals surface area contributed by atoms with Crippen molar-refractivity contribution in [1.82, 2.24) is 14.9 Å². The van der Waals surface area contributed by atoms with Crippen LogP contribution in [0.25, 0.3) is 11.0 Å². The van der Waals surface area contributed by atoms with Gasteiger partial charge in [-0.2, -0.15) is 0 Å². The van der Waals surface area contributed by atoms with Gasteiger partial charge in [-0.15, -0.1) is 0 Å². The van der Waals surface area contributed by atoms with Crippen molar-refractivity contribution in [3.63, 3.8) is 0 Å². The number of nitrogens with zero attached hydrogens (tertiary/aromatic N) is 3. The summed E-state index contributed by atoms with van der Waals surface area (Å²) in [5.41, 5.74) is -0.434. The molecule has 2 heterocycles. The molecule has 2 rings (SSSR count). The molecule has 10 nitrogen and oxygen atoms in total. The van der Waals surface area contributed by atoms with Gasteiger partial charge in [-0.3, -0.25) is 24.3 Å². The zero-order valence-corrected chi connectivity index (χ0v) is 13.1. The van der Waals surface area contributed by atoms with Crippen molar-refractivity contribution in [3.8, 4) is 5.75 Å². The summed E-state index contributed by atoms with van der Waals surface area (Å²) in [6.45, 7) is 0.0876. The summed E-state index contributed by atoms with van der Waals surface area (Å²) in [6.07, 6.45) is 1.08. The molecular weight excluding hydrogens is 320 g/mol. The molecule has 0 saturated heterocycles. The second kappa shape index (κ2) is 7.51. The maximum Gasteiger partial charge on any atom is 0.294 e. The summed E-state index contributed by atoms with van der Waals surface area (Å²) in [5, 5.41) is 13.6. The van der Waals surface area contributed by atoms with Gasteiger partial charge in [0.05, 0.1) is 18.1 Å². The van der Waals surface area contributed by atoms with E-state index in [1.165, 1.54) is 30.9 Å². The Balaban J connectivity index is 2.55. The molecule has 10 heteroatoms. The molecule has 0 unspecified atom stereocenters. The van der Waals surface area contributed by atoms with Gasteiger partial charge in [0, 0.05) is 25.6 Å². The summed E-state index contributed by atoms with van der Waals surface area (Å²) in [4.78, 5) is 38.1. The van der Waals surface area contributed by atoms with E-state index in [1.54, 1.807) is 0 Å². The van der Waals surface area contributed by atoms with Crippen molar-refractivity contribution in [2.45, 2.75) is 6.54 Å². The number of rotatable bonds is 7. The highest BCUT2D eigenvalue weighted by atomic mass is 16.6. The van der Waals surface area contributed by atoms with Crippen molar-refractivity contribution >= 4 is 22.6 Å². The van der Waals surface area contributed by atoms with Gasteiger partial charge >= 0.3 is 0 Å². The van der Waals surface area contributed by atoms with Crippen LogP contribution in [0.1, 0.15) is 0 Å². The van der Waals surface area contributed by atoms with Crippen LogP contribution in [0, 0.1) is 10.1 Å². The van der Waals surface area contributed by atoms with Crippen molar-refractivity contribution in [2.24, 2.45) is 0 Å². The molecule has 0 saturated carbocycles. The molecular formula is C14H16N4O6. The number of nitro groups is 1. The molecule has 0 aliphatic heterocycles. The standard InChI is InChI=1S/C14H16N4O6/c1-15-12(19)8-24-11-6-9-5-10(18(21)22)7-16-13(9)17(14(11)20)3-4-23-2/h5-7H,3-4,8H2,1-2H3,(H,15,19). The van der Waals surface area contributed by atoms with Crippen LogP contribution < -0.4 is 15.6 Å². The minimum atomic E-state index is -0.581. The number of nitrogens with one attached hydrogen (secondary N) is 1. The molecule has 0 fully saturated rings. The quantitative estimate of drug-likeness (QED) is 0.560. The number of carbonyl (C=O) groups excluding carboxylic acids is 1. The van der Waals surface area contributed by atoms with Crippen LogP contribution in [-0.2, 0) is 16.1 Å². The Morgan fingerprint density at radius 2 is 2.21 bits per heavy atom. The lowest BCUT2D eigenvalue weighted by Gasteiger charge is -2.12. The SMILES string of the molecule is CNC(=O)COc1cc2cc([N+](=O)[O-])cnc2n(CCOC)c1=O. The number of likely N-dealkylation sites (N-methyl/N-ethyl adjacent to an activating group) is 1. The average molecular weight is 336 g/mol. The van der Waals surface area contributed by atoms with Crippen LogP contribution in [0.3, 0.4) is 0 Å². The predicted octanol–water partition coefficient (Wildman–Crippen LogP) is 0.0759. The minimum Gasteiger partial charge on any atom is -0.478 e. The zero-order valence-electron chi connectivity index (χ0n) is 13.1. The van der Waals surface area contributed by atoms with Crippen molar-refractivity contribution in [3.05, 3.63) is 38.8 Å². The highest BCUT2D eigenvalue weighted by Crippen LogP contribution is 2.20. The lowest BCUT2D eigenvalue weighted by Crippen LogP contribution is -2.29. The zero-order chi connectivity index (χ0) is 17.7. The Kier molecular flexibility index (Phi) is 5.42. The Bertz CT molecular complexity index is 832. The maximum absolute atomic E-state index is 12.5. The molecule has 0 atom stereocenters. The highest BCUT2D eigenvalue weighted by Gasteiger charge is 2.15. The predicted molar refractivity (Wildman–Crippen MR) is 84.1 cm³/mol. The first-order valence-corrected chi connectivity index (χ1v) is 6.98. The molecule has 1 N–H and O–H groups in total. The molecule has 0 spiro atoms. The summed E-state index contributed by atoms with van der Waals surface area (Å²) in [5.74, 6) is -0.500. The van der Waals surface area contributed by atoms with E-state index >= 15 is 0 Å². The van der Waals surface area contributed by atoms with Gasteiger partial charge in [0.15, 0.2) is 12.4 Å². The Hall–Kier alpha value is -3.01. The second-order valence-electron chi connectivity index (χ2n) is 4.78. The normalized spacial score (nSPS) is 10.6. The van der Waals surface area contributed by atoms with Gasteiger partial charge in [-0.1, -0.05) is 0 Å². The lowest BCUT2D eigenvalue weighted by atomic mass is 10.2. The maximum atomic E-state index is 12.5. The van der Waals surface area contributed by atoms with Crippen LogP contribution in [0.15, 0.2) is 23.1 Å². The number of aromatic nitrogens is 2. The summed E-state index contributed by atoms with van der Waals surface area (Å²) < 4.78 is 11.5. The van der Waals surface area contributed by atoms with E-state index in [4.69, 9.17) is 9.47 Å². The van der Waals surface area contributed by atoms with Gasteiger partial charge in [-0.25, -0.2) is 4.98 Å². The third-order valence-corrected chi connectivity index (χ3v) is 3.25. The molecule has 0 aliphatic rings. The molecule has 0 radical (unpaired) electrons. The monoisotopic (exact) mass is 336 g/mol. The fourth-order valence-electron chi connectivity index (χ4n) is 2.04. The molecule has 2 aromatic rings. The van der Waals surface area contributed by atoms with Gasteiger partial charge in [0.25, 0.3) is 17.2 Å². The van der Waals surface area contributed by atoms with E-state index in [0.717, 1.165) is 6.20 Å². The average Bonchev–Trinajstić information content (AvgIpc) is 2.58. The van der Waals surface area contributed by atoms with Gasteiger partial charge < -0.3 is 14.8 Å². The smallest absolute Gasteiger partial charge is 0.294 e. The molecule has 0 aliphatic carbocycles. The van der Waals surface area contributed by atoms with E-state index in [2.05, 4.69) is 10.3 Å². The summed E-state index contributed by atoms with van der Waals surface area (Å²) >= 11 is 0. The van der Waals surface area contributed by atoms with E-state index < -0.39 is 16.4 Å². The molecule has 0 aromatic carbocycles. The number of ether oxygens (including phenoxy) is 2. The Labute approximate surface area is 136 Å². The Morgan fingerprint density at radius 3 is 2.83 bits per heavy atom. The van der Waals surface area contributed by atoms with Crippen LogP contribution in [0.2, 0.25) is 0 Å². The van der Waals surface area contributed by atoms with Crippen molar-refractivity contribution in [1.29, 1.82) is 0 Å². The fourth-order valence-corrected chi connectivity index (χ4v) is 2.04. The molecule has 24 heavy (non-hydrogen) atoms. The van der Waals surface area contributed by atoms with Crippen LogP contribution in [-0.4, -0.2) is 47.8 Å². The minimum absolute atomic E-state index is 0.0931. The fraction of sp³-hybridized carbons (Fsp3) is 0.357. The molecule has 128 valence electrons. The van der Waals surface area contributed by atoms with E-state index in [0.29, 0.717) is 5.39 Å².